The van der Waals surface area contributed by atoms with Gasteiger partial charge in [-0.2, -0.15) is 0 Å². The predicted octanol–water partition coefficient (Wildman–Crippen LogP) is 2.59. The highest BCUT2D eigenvalue weighted by Crippen LogP contribution is 2.13. The second kappa shape index (κ2) is 10.9. The number of hydrogen-bond acceptors (Lipinski definition) is 4. The molecule has 0 bridgehead atoms. The Kier molecular flexibility index (Phi) is 9.35. The third-order valence-electron chi connectivity index (χ3n) is 2.46. The van der Waals surface area contributed by atoms with Crippen LogP contribution in [0, 0.1) is 0 Å². The summed E-state index contributed by atoms with van der Waals surface area (Å²) in [7, 11) is 0. The molecule has 0 heterocycles. The first kappa shape index (κ1) is 17.2. The van der Waals surface area contributed by atoms with Crippen LogP contribution in [0.2, 0.25) is 0 Å². The molecule has 1 rings (SSSR count). The first-order valence-electron chi connectivity index (χ1n) is 6.60. The maximum absolute atomic E-state index is 11.8. The van der Waals surface area contributed by atoms with Crippen LogP contribution in [0.4, 0.5) is 0 Å². The molecule has 0 aromatic heterocycles. The Morgan fingerprint density at radius 3 is 2.35 bits per heavy atom. The molecular formula is C14H20INO4. The molecule has 1 amide bonds. The molecule has 0 spiro atoms. The van der Waals surface area contributed by atoms with Gasteiger partial charge < -0.3 is 17.9 Å². The van der Waals surface area contributed by atoms with Gasteiger partial charge in [0.15, 0.2) is 23.0 Å². The smallest absolute Gasteiger partial charge is 0.251 e. The molecule has 112 valence electrons. The van der Waals surface area contributed by atoms with Crippen molar-refractivity contribution in [3.8, 4) is 5.75 Å². The molecule has 0 unspecified atom stereocenters. The molecule has 0 saturated heterocycles. The van der Waals surface area contributed by atoms with E-state index in [2.05, 4.69) is 12.2 Å². The Hall–Kier alpha value is -0.860. The summed E-state index contributed by atoms with van der Waals surface area (Å²) in [5.74, 6) is 0.605. The minimum atomic E-state index is -0.115. The molecule has 0 saturated carbocycles. The SMILES string of the molecule is CCCOCCOCCNC(=O)c1ccc(OI)cc1. The monoisotopic (exact) mass is 393 g/mol. The molecule has 0 fully saturated rings. The van der Waals surface area contributed by atoms with Crippen molar-refractivity contribution in [2.45, 2.75) is 13.3 Å². The number of amides is 1. The number of halogens is 1. The van der Waals surface area contributed by atoms with Gasteiger partial charge in [0.2, 0.25) is 0 Å². The van der Waals surface area contributed by atoms with Crippen LogP contribution in [0.25, 0.3) is 0 Å². The zero-order valence-corrected chi connectivity index (χ0v) is 13.7. The van der Waals surface area contributed by atoms with E-state index >= 15 is 0 Å². The highest BCUT2D eigenvalue weighted by molar-refractivity contribution is 14.1. The average Bonchev–Trinajstić information content (AvgIpc) is 2.50. The molecule has 0 radical (unpaired) electrons. The van der Waals surface area contributed by atoms with Gasteiger partial charge in [-0.15, -0.1) is 0 Å². The summed E-state index contributed by atoms with van der Waals surface area (Å²) in [6.07, 6.45) is 1.01. The summed E-state index contributed by atoms with van der Waals surface area (Å²) >= 11 is 1.80. The quantitative estimate of drug-likeness (QED) is 0.491. The number of benzene rings is 1. The Balaban J connectivity index is 2.10. The summed E-state index contributed by atoms with van der Waals surface area (Å²) in [5.41, 5.74) is 0.605. The van der Waals surface area contributed by atoms with Crippen molar-refractivity contribution >= 4 is 28.9 Å². The number of nitrogens with one attached hydrogen (secondary N) is 1. The van der Waals surface area contributed by atoms with E-state index in [-0.39, 0.29) is 5.91 Å². The molecule has 6 heteroatoms. The van der Waals surface area contributed by atoms with Crippen molar-refractivity contribution < 1.29 is 17.3 Å². The molecule has 1 aromatic rings. The van der Waals surface area contributed by atoms with Crippen LogP contribution in [0.15, 0.2) is 24.3 Å². The fourth-order valence-electron chi connectivity index (χ4n) is 1.46. The fourth-order valence-corrected chi connectivity index (χ4v) is 1.76. The van der Waals surface area contributed by atoms with E-state index in [1.807, 2.05) is 0 Å². The third kappa shape index (κ3) is 7.06. The van der Waals surface area contributed by atoms with Gasteiger partial charge in [0.05, 0.1) is 19.8 Å². The Labute approximate surface area is 133 Å². The van der Waals surface area contributed by atoms with Crippen LogP contribution in [-0.2, 0) is 9.47 Å². The molecule has 1 N–H and O–H groups in total. The van der Waals surface area contributed by atoms with Crippen molar-refractivity contribution in [3.63, 3.8) is 0 Å². The summed E-state index contributed by atoms with van der Waals surface area (Å²) in [6.45, 7) is 4.94. The van der Waals surface area contributed by atoms with Gasteiger partial charge in [0.25, 0.3) is 5.91 Å². The third-order valence-corrected chi connectivity index (χ3v) is 2.97. The van der Waals surface area contributed by atoms with Crippen LogP contribution in [0.5, 0.6) is 5.75 Å². The lowest BCUT2D eigenvalue weighted by molar-refractivity contribution is 0.0485. The van der Waals surface area contributed by atoms with Gasteiger partial charge in [-0.25, -0.2) is 0 Å². The normalized spacial score (nSPS) is 10.3. The lowest BCUT2D eigenvalue weighted by Crippen LogP contribution is -2.27. The lowest BCUT2D eigenvalue weighted by Gasteiger charge is -2.07. The highest BCUT2D eigenvalue weighted by Gasteiger charge is 2.04. The van der Waals surface area contributed by atoms with Crippen LogP contribution < -0.4 is 8.38 Å². The van der Waals surface area contributed by atoms with Crippen LogP contribution in [0.3, 0.4) is 0 Å². The molecule has 20 heavy (non-hydrogen) atoms. The molecule has 5 nitrogen and oxygen atoms in total. The molecule has 0 aliphatic carbocycles. The van der Waals surface area contributed by atoms with Crippen molar-refractivity contribution in [2.24, 2.45) is 0 Å². The van der Waals surface area contributed by atoms with Crippen LogP contribution in [0.1, 0.15) is 23.7 Å². The molecule has 0 aliphatic rings. The number of hydrogen-bond donors (Lipinski definition) is 1. The lowest BCUT2D eigenvalue weighted by atomic mass is 10.2. The maximum Gasteiger partial charge on any atom is 0.251 e. The predicted molar refractivity (Wildman–Crippen MR) is 85.4 cm³/mol. The Morgan fingerprint density at radius 2 is 1.75 bits per heavy atom. The number of carbonyl (C=O) groups is 1. The van der Waals surface area contributed by atoms with E-state index in [4.69, 9.17) is 12.5 Å². The standard InChI is InChI=1S/C14H20INO4/c1-2-8-18-10-11-19-9-7-16-14(17)12-3-5-13(20-15)6-4-12/h3-6H,2,7-11H2,1H3,(H,16,17). The Morgan fingerprint density at radius 1 is 1.10 bits per heavy atom. The van der Waals surface area contributed by atoms with E-state index in [0.29, 0.717) is 31.9 Å². The summed E-state index contributed by atoms with van der Waals surface area (Å²) in [4.78, 5) is 11.8. The van der Waals surface area contributed by atoms with Gasteiger partial charge in [-0.3, -0.25) is 4.79 Å². The fraction of sp³-hybridized carbons (Fsp3) is 0.500. The average molecular weight is 393 g/mol. The van der Waals surface area contributed by atoms with Crippen molar-refractivity contribution in [2.75, 3.05) is 33.0 Å². The number of carbonyl (C=O) groups excluding carboxylic acids is 1. The summed E-state index contributed by atoms with van der Waals surface area (Å²) in [5, 5.41) is 2.79. The van der Waals surface area contributed by atoms with Gasteiger partial charge in [0.1, 0.15) is 5.75 Å². The van der Waals surface area contributed by atoms with E-state index in [0.717, 1.165) is 18.8 Å². The number of rotatable bonds is 10. The van der Waals surface area contributed by atoms with Crippen LogP contribution >= 0.6 is 23.0 Å². The zero-order valence-electron chi connectivity index (χ0n) is 11.6. The van der Waals surface area contributed by atoms with Gasteiger partial charge in [-0.05, 0) is 30.7 Å². The van der Waals surface area contributed by atoms with Crippen molar-refractivity contribution in [1.82, 2.24) is 5.32 Å². The second-order valence-electron chi connectivity index (χ2n) is 4.08. The molecular weight excluding hydrogens is 373 g/mol. The maximum atomic E-state index is 11.8. The minimum absolute atomic E-state index is 0.115. The summed E-state index contributed by atoms with van der Waals surface area (Å²) < 4.78 is 15.6. The van der Waals surface area contributed by atoms with Crippen molar-refractivity contribution in [3.05, 3.63) is 29.8 Å². The first-order valence-corrected chi connectivity index (χ1v) is 7.48. The highest BCUT2D eigenvalue weighted by atomic mass is 127. The number of ether oxygens (including phenoxy) is 2. The van der Waals surface area contributed by atoms with E-state index in [1.165, 1.54) is 0 Å². The van der Waals surface area contributed by atoms with Crippen LogP contribution in [-0.4, -0.2) is 38.9 Å². The zero-order chi connectivity index (χ0) is 14.6. The largest absolute Gasteiger partial charge is 0.428 e. The second-order valence-corrected chi connectivity index (χ2v) is 4.52. The van der Waals surface area contributed by atoms with E-state index < -0.39 is 0 Å². The Bertz CT molecular complexity index is 383. The van der Waals surface area contributed by atoms with Gasteiger partial charge in [0, 0.05) is 18.7 Å². The summed E-state index contributed by atoms with van der Waals surface area (Å²) in [6, 6.07) is 6.96. The first-order chi connectivity index (χ1) is 9.77. The molecule has 1 aromatic carbocycles. The van der Waals surface area contributed by atoms with E-state index in [1.54, 1.807) is 47.3 Å². The van der Waals surface area contributed by atoms with Gasteiger partial charge in [-0.1, -0.05) is 6.92 Å². The van der Waals surface area contributed by atoms with Gasteiger partial charge >= 0.3 is 0 Å². The van der Waals surface area contributed by atoms with Crippen molar-refractivity contribution in [1.29, 1.82) is 0 Å². The molecule has 0 atom stereocenters. The van der Waals surface area contributed by atoms with E-state index in [9.17, 15) is 4.79 Å². The topological polar surface area (TPSA) is 56.8 Å². The minimum Gasteiger partial charge on any atom is -0.428 e. The molecule has 0 aliphatic heterocycles.